The lowest BCUT2D eigenvalue weighted by Crippen LogP contribution is -2.46. The molecule has 2 fully saturated rings. The minimum atomic E-state index is -2.88. The molecule has 0 radical (unpaired) electrons. The van der Waals surface area contributed by atoms with Crippen molar-refractivity contribution >= 4 is 9.84 Å². The summed E-state index contributed by atoms with van der Waals surface area (Å²) in [4.78, 5) is 2.38. The van der Waals surface area contributed by atoms with Gasteiger partial charge in [0, 0.05) is 25.4 Å². The van der Waals surface area contributed by atoms with Crippen LogP contribution in [0.3, 0.4) is 0 Å². The SMILES string of the molecule is CS(=O)(=O)C1CCCC(N2CCC(O)CC2)C1. The minimum Gasteiger partial charge on any atom is -0.393 e. The molecule has 0 bridgehead atoms. The number of aliphatic hydroxyl groups is 1. The Morgan fingerprint density at radius 2 is 1.76 bits per heavy atom. The number of hydrogen-bond donors (Lipinski definition) is 1. The highest BCUT2D eigenvalue weighted by Crippen LogP contribution is 2.29. The van der Waals surface area contributed by atoms with Crippen molar-refractivity contribution in [1.29, 1.82) is 0 Å². The van der Waals surface area contributed by atoms with E-state index < -0.39 is 9.84 Å². The van der Waals surface area contributed by atoms with Crippen LogP contribution in [0.4, 0.5) is 0 Å². The quantitative estimate of drug-likeness (QED) is 0.799. The van der Waals surface area contributed by atoms with Crippen LogP contribution in [0.2, 0.25) is 0 Å². The van der Waals surface area contributed by atoms with E-state index >= 15 is 0 Å². The Morgan fingerprint density at radius 3 is 2.35 bits per heavy atom. The number of sulfone groups is 1. The number of likely N-dealkylation sites (tertiary alicyclic amines) is 1. The minimum absolute atomic E-state index is 0.145. The molecule has 0 aromatic carbocycles. The zero-order valence-corrected chi connectivity index (χ0v) is 11.3. The lowest BCUT2D eigenvalue weighted by Gasteiger charge is -2.40. The zero-order chi connectivity index (χ0) is 12.5. The van der Waals surface area contributed by atoms with Crippen molar-refractivity contribution in [2.75, 3.05) is 19.3 Å². The summed E-state index contributed by atoms with van der Waals surface area (Å²) in [6.07, 6.45) is 6.62. The van der Waals surface area contributed by atoms with Crippen molar-refractivity contribution in [3.05, 3.63) is 0 Å². The van der Waals surface area contributed by atoms with Gasteiger partial charge in [0.2, 0.25) is 0 Å². The molecule has 1 N–H and O–H groups in total. The van der Waals surface area contributed by atoms with Crippen LogP contribution in [-0.4, -0.2) is 55.2 Å². The molecule has 2 rings (SSSR count). The maximum atomic E-state index is 11.6. The van der Waals surface area contributed by atoms with Gasteiger partial charge in [0.05, 0.1) is 11.4 Å². The molecule has 1 saturated carbocycles. The topological polar surface area (TPSA) is 57.6 Å². The second-order valence-electron chi connectivity index (χ2n) is 5.54. The largest absolute Gasteiger partial charge is 0.393 e. The van der Waals surface area contributed by atoms with E-state index in [-0.39, 0.29) is 11.4 Å². The Hall–Kier alpha value is -0.130. The first-order chi connectivity index (χ1) is 7.97. The molecule has 17 heavy (non-hydrogen) atoms. The molecule has 1 heterocycles. The van der Waals surface area contributed by atoms with E-state index in [1.54, 1.807) is 0 Å². The first kappa shape index (κ1) is 13.3. The normalized spacial score (nSPS) is 33.8. The molecule has 2 atom stereocenters. The number of nitrogens with zero attached hydrogens (tertiary/aromatic N) is 1. The van der Waals surface area contributed by atoms with Crippen molar-refractivity contribution in [3.63, 3.8) is 0 Å². The number of hydrogen-bond acceptors (Lipinski definition) is 4. The van der Waals surface area contributed by atoms with Gasteiger partial charge in [-0.25, -0.2) is 8.42 Å². The van der Waals surface area contributed by atoms with E-state index in [0.717, 1.165) is 51.6 Å². The first-order valence-electron chi connectivity index (χ1n) is 6.58. The Kier molecular flexibility index (Phi) is 4.10. The molecule has 1 saturated heterocycles. The van der Waals surface area contributed by atoms with Gasteiger partial charge in [-0.1, -0.05) is 6.42 Å². The molecule has 5 heteroatoms. The van der Waals surface area contributed by atoms with Crippen molar-refractivity contribution in [2.45, 2.75) is 55.9 Å². The van der Waals surface area contributed by atoms with Gasteiger partial charge in [0.1, 0.15) is 9.84 Å². The molecule has 0 amide bonds. The summed E-state index contributed by atoms with van der Waals surface area (Å²) in [6.45, 7) is 1.84. The third-order valence-corrected chi connectivity index (χ3v) is 5.86. The summed E-state index contributed by atoms with van der Waals surface area (Å²) in [5, 5.41) is 9.34. The standard InChI is InChI=1S/C12H23NO3S/c1-17(15,16)12-4-2-3-10(9-12)13-7-5-11(14)6-8-13/h10-12,14H,2-9H2,1H3. The summed E-state index contributed by atoms with van der Waals surface area (Å²) in [5.41, 5.74) is 0. The molecule has 0 spiro atoms. The van der Waals surface area contributed by atoms with E-state index in [1.807, 2.05) is 0 Å². The second-order valence-corrected chi connectivity index (χ2v) is 7.86. The maximum Gasteiger partial charge on any atom is 0.150 e. The van der Waals surface area contributed by atoms with E-state index in [2.05, 4.69) is 4.90 Å². The van der Waals surface area contributed by atoms with Crippen LogP contribution in [0.15, 0.2) is 0 Å². The van der Waals surface area contributed by atoms with Crippen LogP contribution in [0.5, 0.6) is 0 Å². The van der Waals surface area contributed by atoms with Gasteiger partial charge in [-0.05, 0) is 32.1 Å². The van der Waals surface area contributed by atoms with Gasteiger partial charge in [-0.15, -0.1) is 0 Å². The van der Waals surface area contributed by atoms with E-state index in [4.69, 9.17) is 0 Å². The summed E-state index contributed by atoms with van der Waals surface area (Å²) in [7, 11) is -2.88. The van der Waals surface area contributed by atoms with E-state index in [0.29, 0.717) is 6.04 Å². The Labute approximate surface area is 104 Å². The highest BCUT2D eigenvalue weighted by molar-refractivity contribution is 7.91. The Balaban J connectivity index is 1.93. The fraction of sp³-hybridized carbons (Fsp3) is 1.00. The summed E-state index contributed by atoms with van der Waals surface area (Å²) < 4.78 is 23.2. The second kappa shape index (κ2) is 5.24. The molecule has 2 unspecified atom stereocenters. The molecule has 0 aromatic rings. The van der Waals surface area contributed by atoms with Gasteiger partial charge in [0.15, 0.2) is 0 Å². The first-order valence-corrected chi connectivity index (χ1v) is 8.53. The third kappa shape index (κ3) is 3.42. The van der Waals surface area contributed by atoms with Gasteiger partial charge in [-0.2, -0.15) is 0 Å². The van der Waals surface area contributed by atoms with Crippen LogP contribution in [0.1, 0.15) is 38.5 Å². The monoisotopic (exact) mass is 261 g/mol. The van der Waals surface area contributed by atoms with Crippen molar-refractivity contribution in [1.82, 2.24) is 4.90 Å². The maximum absolute atomic E-state index is 11.6. The molecule has 1 aliphatic carbocycles. The molecule has 1 aliphatic heterocycles. The van der Waals surface area contributed by atoms with Gasteiger partial charge in [0.25, 0.3) is 0 Å². The van der Waals surface area contributed by atoms with Gasteiger partial charge in [-0.3, -0.25) is 0 Å². The van der Waals surface area contributed by atoms with Crippen molar-refractivity contribution in [3.8, 4) is 0 Å². The van der Waals surface area contributed by atoms with Crippen LogP contribution < -0.4 is 0 Å². The molecule has 2 aliphatic rings. The Morgan fingerprint density at radius 1 is 1.12 bits per heavy atom. The highest BCUT2D eigenvalue weighted by Gasteiger charge is 2.33. The summed E-state index contributed by atoms with van der Waals surface area (Å²) in [6, 6.07) is 0.413. The van der Waals surface area contributed by atoms with Gasteiger partial charge < -0.3 is 10.0 Å². The van der Waals surface area contributed by atoms with E-state index in [1.165, 1.54) is 6.26 Å². The smallest absolute Gasteiger partial charge is 0.150 e. The molecule has 0 aromatic heterocycles. The molecule has 4 nitrogen and oxygen atoms in total. The average Bonchev–Trinajstić information content (AvgIpc) is 2.29. The Bertz CT molecular complexity index is 347. The predicted molar refractivity (Wildman–Crippen MR) is 67.7 cm³/mol. The number of piperidine rings is 1. The molecular formula is C12H23NO3S. The third-order valence-electron chi connectivity index (χ3n) is 4.22. The predicted octanol–water partition coefficient (Wildman–Crippen LogP) is 0.799. The number of aliphatic hydroxyl groups excluding tert-OH is 1. The summed E-state index contributed by atoms with van der Waals surface area (Å²) in [5.74, 6) is 0. The lowest BCUT2D eigenvalue weighted by molar-refractivity contribution is 0.0509. The highest BCUT2D eigenvalue weighted by atomic mass is 32.2. The fourth-order valence-corrected chi connectivity index (χ4v) is 4.26. The summed E-state index contributed by atoms with van der Waals surface area (Å²) >= 11 is 0. The van der Waals surface area contributed by atoms with Gasteiger partial charge >= 0.3 is 0 Å². The average molecular weight is 261 g/mol. The van der Waals surface area contributed by atoms with E-state index in [9.17, 15) is 13.5 Å². The van der Waals surface area contributed by atoms with Crippen molar-refractivity contribution in [2.24, 2.45) is 0 Å². The van der Waals surface area contributed by atoms with Crippen molar-refractivity contribution < 1.29 is 13.5 Å². The van der Waals surface area contributed by atoms with Crippen LogP contribution in [0.25, 0.3) is 0 Å². The van der Waals surface area contributed by atoms with Crippen LogP contribution in [0, 0.1) is 0 Å². The molecular weight excluding hydrogens is 238 g/mol. The fourth-order valence-electron chi connectivity index (χ4n) is 3.09. The molecule has 100 valence electrons. The lowest BCUT2D eigenvalue weighted by atomic mass is 9.92. The van der Waals surface area contributed by atoms with Crippen LogP contribution in [-0.2, 0) is 9.84 Å². The number of rotatable bonds is 2. The zero-order valence-electron chi connectivity index (χ0n) is 10.5. The van der Waals surface area contributed by atoms with Crippen LogP contribution >= 0.6 is 0 Å².